The summed E-state index contributed by atoms with van der Waals surface area (Å²) in [5.41, 5.74) is 0.385. The molecule has 0 N–H and O–H groups in total. The van der Waals surface area contributed by atoms with Crippen LogP contribution in [-0.4, -0.2) is 41.1 Å². The average Bonchev–Trinajstić information content (AvgIpc) is 3.10. The van der Waals surface area contributed by atoms with Crippen molar-refractivity contribution in [2.24, 2.45) is 0 Å². The van der Waals surface area contributed by atoms with Gasteiger partial charge in [0, 0.05) is 11.8 Å². The van der Waals surface area contributed by atoms with E-state index in [1.807, 2.05) is 6.07 Å². The van der Waals surface area contributed by atoms with Crippen LogP contribution in [-0.2, 0) is 15.9 Å². The first-order valence-electron chi connectivity index (χ1n) is 11.7. The van der Waals surface area contributed by atoms with Gasteiger partial charge in [-0.15, -0.1) is 0 Å². The van der Waals surface area contributed by atoms with Crippen LogP contribution in [0, 0.1) is 5.82 Å². The summed E-state index contributed by atoms with van der Waals surface area (Å²) >= 11 is 0. The number of carbonyl (C=O) groups excluding carboxylic acids is 2. The lowest BCUT2D eigenvalue weighted by atomic mass is 9.96. The van der Waals surface area contributed by atoms with Gasteiger partial charge < -0.3 is 9.47 Å². The number of aromatic nitrogens is 2. The van der Waals surface area contributed by atoms with Crippen LogP contribution in [0.2, 0.25) is 19.6 Å². The van der Waals surface area contributed by atoms with Gasteiger partial charge in [-0.3, -0.25) is 0 Å². The fourth-order valence-electron chi connectivity index (χ4n) is 3.67. The summed E-state index contributed by atoms with van der Waals surface area (Å²) in [5, 5.41) is 5.81. The van der Waals surface area contributed by atoms with Crippen molar-refractivity contribution in [3.63, 3.8) is 0 Å². The Morgan fingerprint density at radius 1 is 0.971 bits per heavy atom. The standard InChI is InChI=1S/C27H35FN2O4Si/c1-26(2,3)33-24(31)19-12-13-23-21(16-29-30(23)25(32)34-27(4,5)6)20(19)14-17-10-11-18(15-22(17)28)35(7,8)9/h10-13,15-16H,14H2,1-9H3. The van der Waals surface area contributed by atoms with Crippen LogP contribution in [0.25, 0.3) is 10.9 Å². The fourth-order valence-corrected chi connectivity index (χ4v) is 4.81. The van der Waals surface area contributed by atoms with E-state index in [4.69, 9.17) is 9.47 Å². The second-order valence-electron chi connectivity index (χ2n) is 11.8. The van der Waals surface area contributed by atoms with Gasteiger partial charge in [-0.25, -0.2) is 14.0 Å². The maximum absolute atomic E-state index is 15.2. The lowest BCUT2D eigenvalue weighted by Gasteiger charge is -2.21. The summed E-state index contributed by atoms with van der Waals surface area (Å²) in [7, 11) is -1.69. The minimum atomic E-state index is -1.69. The van der Waals surface area contributed by atoms with Gasteiger partial charge in [0.15, 0.2) is 0 Å². The fraction of sp³-hybridized carbons (Fsp3) is 0.444. The van der Waals surface area contributed by atoms with Crippen LogP contribution in [0.15, 0.2) is 36.5 Å². The van der Waals surface area contributed by atoms with Crippen LogP contribution < -0.4 is 5.19 Å². The van der Waals surface area contributed by atoms with Crippen LogP contribution >= 0.6 is 0 Å². The van der Waals surface area contributed by atoms with Crippen molar-refractivity contribution in [2.75, 3.05) is 0 Å². The molecule has 0 saturated carbocycles. The first-order chi connectivity index (χ1) is 16.0. The van der Waals surface area contributed by atoms with Crippen LogP contribution in [0.1, 0.15) is 63.0 Å². The number of hydrogen-bond acceptors (Lipinski definition) is 5. The van der Waals surface area contributed by atoms with E-state index in [-0.39, 0.29) is 12.2 Å². The lowest BCUT2D eigenvalue weighted by Crippen LogP contribution is -2.37. The molecule has 1 aromatic heterocycles. The Morgan fingerprint density at radius 3 is 2.14 bits per heavy atom. The van der Waals surface area contributed by atoms with E-state index in [1.165, 1.54) is 6.20 Å². The van der Waals surface area contributed by atoms with Crippen LogP contribution in [0.4, 0.5) is 9.18 Å². The van der Waals surface area contributed by atoms with Gasteiger partial charge in [0.25, 0.3) is 0 Å². The first-order valence-corrected chi connectivity index (χ1v) is 15.2. The molecule has 3 aromatic rings. The molecule has 0 fully saturated rings. The Labute approximate surface area is 207 Å². The van der Waals surface area contributed by atoms with Crippen molar-refractivity contribution in [1.29, 1.82) is 0 Å². The van der Waals surface area contributed by atoms with Crippen LogP contribution in [0.5, 0.6) is 0 Å². The molecule has 1 heterocycles. The number of halogens is 1. The molecule has 0 spiro atoms. The maximum Gasteiger partial charge on any atom is 0.435 e. The average molecular weight is 499 g/mol. The predicted molar refractivity (Wildman–Crippen MR) is 139 cm³/mol. The largest absolute Gasteiger partial charge is 0.456 e. The molecule has 0 aliphatic carbocycles. The van der Waals surface area contributed by atoms with Gasteiger partial charge in [-0.05, 0) is 70.9 Å². The number of ether oxygens (including phenoxy) is 2. The zero-order valence-corrected chi connectivity index (χ0v) is 23.1. The number of nitrogens with zero attached hydrogens (tertiary/aromatic N) is 2. The second-order valence-corrected chi connectivity index (χ2v) is 16.9. The Morgan fingerprint density at radius 2 is 1.60 bits per heavy atom. The molecule has 0 amide bonds. The zero-order chi connectivity index (χ0) is 26.3. The van der Waals surface area contributed by atoms with Crippen molar-refractivity contribution in [1.82, 2.24) is 9.78 Å². The molecular weight excluding hydrogens is 463 g/mol. The molecule has 8 heteroatoms. The van der Waals surface area contributed by atoms with Gasteiger partial charge in [-0.1, -0.05) is 37.0 Å². The monoisotopic (exact) mass is 498 g/mol. The molecule has 0 saturated heterocycles. The molecule has 0 aliphatic heterocycles. The highest BCUT2D eigenvalue weighted by Crippen LogP contribution is 2.28. The van der Waals surface area contributed by atoms with E-state index < -0.39 is 31.3 Å². The smallest absolute Gasteiger partial charge is 0.435 e. The predicted octanol–water partition coefficient (Wildman–Crippen LogP) is 6.05. The van der Waals surface area contributed by atoms with Crippen molar-refractivity contribution < 1.29 is 23.5 Å². The number of rotatable bonds is 4. The second kappa shape index (κ2) is 9.22. The molecule has 0 aliphatic rings. The number of esters is 1. The van der Waals surface area contributed by atoms with Gasteiger partial charge in [-0.2, -0.15) is 9.78 Å². The van der Waals surface area contributed by atoms with Gasteiger partial charge in [0.05, 0.1) is 25.4 Å². The molecule has 0 unspecified atom stereocenters. The molecule has 0 atom stereocenters. The molecule has 0 bridgehead atoms. The van der Waals surface area contributed by atoms with Crippen molar-refractivity contribution in [3.8, 4) is 0 Å². The molecule has 35 heavy (non-hydrogen) atoms. The summed E-state index contributed by atoms with van der Waals surface area (Å²) in [6, 6.07) is 8.57. The minimum absolute atomic E-state index is 0.143. The number of hydrogen-bond donors (Lipinski definition) is 0. The molecule has 2 aromatic carbocycles. The molecule has 0 radical (unpaired) electrons. The van der Waals surface area contributed by atoms with Crippen LogP contribution in [0.3, 0.4) is 0 Å². The van der Waals surface area contributed by atoms with Gasteiger partial charge in [0.2, 0.25) is 0 Å². The van der Waals surface area contributed by atoms with E-state index in [2.05, 4.69) is 24.7 Å². The summed E-state index contributed by atoms with van der Waals surface area (Å²) in [5.74, 6) is -0.838. The third-order valence-electron chi connectivity index (χ3n) is 5.34. The Bertz CT molecular complexity index is 1280. The minimum Gasteiger partial charge on any atom is -0.456 e. The topological polar surface area (TPSA) is 70.4 Å². The highest BCUT2D eigenvalue weighted by atomic mass is 28.3. The van der Waals surface area contributed by atoms with Gasteiger partial charge >= 0.3 is 12.1 Å². The van der Waals surface area contributed by atoms with Crippen molar-refractivity contribution >= 4 is 36.2 Å². The molecule has 3 rings (SSSR count). The third-order valence-corrected chi connectivity index (χ3v) is 7.38. The van der Waals surface area contributed by atoms with E-state index >= 15 is 4.39 Å². The summed E-state index contributed by atoms with van der Waals surface area (Å²) in [4.78, 5) is 25.8. The van der Waals surface area contributed by atoms with E-state index in [9.17, 15) is 9.59 Å². The summed E-state index contributed by atoms with van der Waals surface area (Å²) in [6.07, 6.45) is 1.02. The quantitative estimate of drug-likeness (QED) is 0.323. The number of benzene rings is 2. The van der Waals surface area contributed by atoms with Gasteiger partial charge in [0.1, 0.15) is 17.0 Å². The number of fused-ring (bicyclic) bond motifs is 1. The highest BCUT2D eigenvalue weighted by Gasteiger charge is 2.26. The summed E-state index contributed by atoms with van der Waals surface area (Å²) < 4.78 is 27.4. The Balaban J connectivity index is 2.14. The normalized spacial score (nSPS) is 12.6. The highest BCUT2D eigenvalue weighted by molar-refractivity contribution is 6.88. The van der Waals surface area contributed by atoms with E-state index in [0.29, 0.717) is 27.6 Å². The number of carbonyl (C=O) groups is 2. The molecule has 6 nitrogen and oxygen atoms in total. The zero-order valence-electron chi connectivity index (χ0n) is 22.1. The Kier molecular flexibility index (Phi) is 7.01. The van der Waals surface area contributed by atoms with Crippen molar-refractivity contribution in [3.05, 3.63) is 59.0 Å². The molecular formula is C27H35FN2O4Si. The van der Waals surface area contributed by atoms with Crippen molar-refractivity contribution in [2.45, 2.75) is 78.8 Å². The molecule has 188 valence electrons. The first kappa shape index (κ1) is 26.6. The lowest BCUT2D eigenvalue weighted by molar-refractivity contribution is 0.00684. The van der Waals surface area contributed by atoms with E-state index in [1.54, 1.807) is 65.8 Å². The summed E-state index contributed by atoms with van der Waals surface area (Å²) in [6.45, 7) is 17.2. The maximum atomic E-state index is 15.2. The Hall–Kier alpha value is -3.00. The third kappa shape index (κ3) is 6.36. The van der Waals surface area contributed by atoms with E-state index in [0.717, 1.165) is 9.87 Å². The SMILES string of the molecule is CC(C)(C)OC(=O)c1ccc2c(cnn2C(=O)OC(C)(C)C)c1Cc1ccc([Si](C)(C)C)cc1F.